The fraction of sp³-hybridized carbons (Fsp3) is 0.833. The molecule has 0 aromatic rings. The number of hydrogen-bond donors (Lipinski definition) is 3. The molecule has 4 heteroatoms. The number of carboxylic acids is 1. The molecule has 0 bridgehead atoms. The van der Waals surface area contributed by atoms with Crippen LogP contribution in [-0.4, -0.2) is 33.5 Å². The van der Waals surface area contributed by atoms with Gasteiger partial charge in [0.15, 0.2) is 0 Å². The largest absolute Gasteiger partial charge is 0.481 e. The fourth-order valence-corrected chi connectivity index (χ4v) is 2.38. The van der Waals surface area contributed by atoms with E-state index in [1.165, 1.54) is 0 Å². The molecule has 0 aliphatic heterocycles. The minimum Gasteiger partial charge on any atom is -0.481 e. The second kappa shape index (κ2) is 15.0. The Kier molecular flexibility index (Phi) is 14.4. The molecule has 22 heavy (non-hydrogen) atoms. The highest BCUT2D eigenvalue weighted by Crippen LogP contribution is 2.11. The van der Waals surface area contributed by atoms with Gasteiger partial charge in [-0.1, -0.05) is 57.6 Å². The molecule has 0 amide bonds. The molecule has 0 saturated heterocycles. The highest BCUT2D eigenvalue weighted by molar-refractivity contribution is 5.66. The normalized spacial score (nSPS) is 14.3. The number of aliphatic hydroxyl groups is 2. The van der Waals surface area contributed by atoms with Crippen molar-refractivity contribution in [1.82, 2.24) is 0 Å². The highest BCUT2D eigenvalue weighted by atomic mass is 16.4. The summed E-state index contributed by atoms with van der Waals surface area (Å²) in [5, 5.41) is 28.1. The van der Waals surface area contributed by atoms with Gasteiger partial charge in [0, 0.05) is 6.42 Å². The Morgan fingerprint density at radius 2 is 1.59 bits per heavy atom. The molecular weight excluding hydrogens is 280 g/mol. The van der Waals surface area contributed by atoms with E-state index in [0.717, 1.165) is 57.8 Å². The average Bonchev–Trinajstić information content (AvgIpc) is 2.48. The number of aliphatic carboxylic acids is 1. The van der Waals surface area contributed by atoms with E-state index < -0.39 is 18.2 Å². The smallest absolute Gasteiger partial charge is 0.303 e. The third-order valence-electron chi connectivity index (χ3n) is 3.85. The number of rotatable bonds is 15. The lowest BCUT2D eigenvalue weighted by Gasteiger charge is -2.15. The van der Waals surface area contributed by atoms with Crippen LogP contribution in [0.1, 0.15) is 84.0 Å². The standard InChI is InChI=1S/C18H34O4/c1-2-3-10-13-16(19)17(20)14-11-8-6-4-5-7-9-12-15-18(21)22/h8,11,16-17,19-20H,2-7,9-10,12-15H2,1H3,(H,21,22)/t16-,17-/m1/s1. The molecule has 0 aliphatic rings. The number of carboxylic acid groups (broad SMARTS) is 1. The minimum absolute atomic E-state index is 0.276. The van der Waals surface area contributed by atoms with Gasteiger partial charge in [0.25, 0.3) is 0 Å². The summed E-state index contributed by atoms with van der Waals surface area (Å²) in [7, 11) is 0. The molecule has 0 unspecified atom stereocenters. The Morgan fingerprint density at radius 1 is 0.909 bits per heavy atom. The lowest BCUT2D eigenvalue weighted by Crippen LogP contribution is -2.25. The number of carbonyl (C=O) groups is 1. The van der Waals surface area contributed by atoms with Crippen molar-refractivity contribution in [3.05, 3.63) is 12.2 Å². The Hall–Kier alpha value is -0.870. The molecule has 3 N–H and O–H groups in total. The van der Waals surface area contributed by atoms with Crippen LogP contribution in [0.25, 0.3) is 0 Å². The molecule has 2 atom stereocenters. The molecule has 0 radical (unpaired) electrons. The van der Waals surface area contributed by atoms with Crippen molar-refractivity contribution in [3.63, 3.8) is 0 Å². The van der Waals surface area contributed by atoms with Crippen LogP contribution in [0.5, 0.6) is 0 Å². The van der Waals surface area contributed by atoms with Gasteiger partial charge >= 0.3 is 5.97 Å². The van der Waals surface area contributed by atoms with Crippen molar-refractivity contribution in [2.75, 3.05) is 0 Å². The summed E-state index contributed by atoms with van der Waals surface area (Å²) < 4.78 is 0. The number of allylic oxidation sites excluding steroid dienone is 1. The van der Waals surface area contributed by atoms with E-state index in [9.17, 15) is 15.0 Å². The predicted molar refractivity (Wildman–Crippen MR) is 89.9 cm³/mol. The van der Waals surface area contributed by atoms with Gasteiger partial charge in [-0.3, -0.25) is 4.79 Å². The minimum atomic E-state index is -0.710. The molecule has 0 fully saturated rings. The SMILES string of the molecule is CCCCC[C@@H](O)[C@H](O)CC=CCCCCCCCC(=O)O. The van der Waals surface area contributed by atoms with Crippen molar-refractivity contribution in [2.24, 2.45) is 0 Å². The monoisotopic (exact) mass is 314 g/mol. The Morgan fingerprint density at radius 3 is 2.27 bits per heavy atom. The third-order valence-corrected chi connectivity index (χ3v) is 3.85. The van der Waals surface area contributed by atoms with E-state index in [1.807, 2.05) is 6.08 Å². The Bertz CT molecular complexity index is 289. The van der Waals surface area contributed by atoms with Crippen LogP contribution in [0.3, 0.4) is 0 Å². The Balaban J connectivity index is 3.43. The molecule has 0 heterocycles. The number of hydrogen-bond acceptors (Lipinski definition) is 3. The first-order valence-corrected chi connectivity index (χ1v) is 8.80. The van der Waals surface area contributed by atoms with E-state index >= 15 is 0 Å². The van der Waals surface area contributed by atoms with Gasteiger partial charge in [0.2, 0.25) is 0 Å². The summed E-state index contributed by atoms with van der Waals surface area (Å²) in [6, 6.07) is 0. The molecule has 0 aliphatic carbocycles. The lowest BCUT2D eigenvalue weighted by atomic mass is 10.0. The predicted octanol–water partition coefficient (Wildman–Crippen LogP) is 4.05. The maximum atomic E-state index is 10.3. The first kappa shape index (κ1) is 21.1. The lowest BCUT2D eigenvalue weighted by molar-refractivity contribution is -0.137. The van der Waals surface area contributed by atoms with E-state index in [1.54, 1.807) is 0 Å². The van der Waals surface area contributed by atoms with Gasteiger partial charge in [0.05, 0.1) is 12.2 Å². The molecule has 0 aromatic carbocycles. The summed E-state index contributed by atoms with van der Waals surface area (Å²) in [4.78, 5) is 10.3. The van der Waals surface area contributed by atoms with Crippen molar-refractivity contribution in [2.45, 2.75) is 96.2 Å². The van der Waals surface area contributed by atoms with Crippen LogP contribution >= 0.6 is 0 Å². The van der Waals surface area contributed by atoms with Crippen molar-refractivity contribution < 1.29 is 20.1 Å². The van der Waals surface area contributed by atoms with Crippen molar-refractivity contribution in [3.8, 4) is 0 Å². The molecule has 4 nitrogen and oxygen atoms in total. The fourth-order valence-electron chi connectivity index (χ4n) is 2.38. The van der Waals surface area contributed by atoms with Crippen molar-refractivity contribution in [1.29, 1.82) is 0 Å². The van der Waals surface area contributed by atoms with Crippen LogP contribution in [0.2, 0.25) is 0 Å². The molecule has 0 aromatic heterocycles. The number of aliphatic hydroxyl groups excluding tert-OH is 2. The molecule has 0 rings (SSSR count). The first-order valence-electron chi connectivity index (χ1n) is 8.80. The second-order valence-corrected chi connectivity index (χ2v) is 6.04. The highest BCUT2D eigenvalue weighted by Gasteiger charge is 2.13. The molecule has 130 valence electrons. The maximum absolute atomic E-state index is 10.3. The van der Waals surface area contributed by atoms with E-state index in [2.05, 4.69) is 13.0 Å². The van der Waals surface area contributed by atoms with Gasteiger partial charge in [-0.25, -0.2) is 0 Å². The zero-order valence-electron chi connectivity index (χ0n) is 14.0. The molecule has 0 spiro atoms. The summed E-state index contributed by atoms with van der Waals surface area (Å²) in [6.07, 6.45) is 13.5. The summed E-state index contributed by atoms with van der Waals surface area (Å²) in [5.41, 5.74) is 0. The summed E-state index contributed by atoms with van der Waals surface area (Å²) in [5.74, 6) is -0.710. The topological polar surface area (TPSA) is 77.8 Å². The van der Waals surface area contributed by atoms with Gasteiger partial charge in [0.1, 0.15) is 0 Å². The van der Waals surface area contributed by atoms with Crippen molar-refractivity contribution >= 4 is 5.97 Å². The van der Waals surface area contributed by atoms with E-state index in [-0.39, 0.29) is 6.42 Å². The van der Waals surface area contributed by atoms with Gasteiger partial charge in [-0.15, -0.1) is 0 Å². The maximum Gasteiger partial charge on any atom is 0.303 e. The zero-order chi connectivity index (χ0) is 16.6. The zero-order valence-corrected chi connectivity index (χ0v) is 14.0. The number of unbranched alkanes of at least 4 members (excludes halogenated alkanes) is 7. The first-order chi connectivity index (χ1) is 10.6. The van der Waals surface area contributed by atoms with Crippen LogP contribution < -0.4 is 0 Å². The van der Waals surface area contributed by atoms with Gasteiger partial charge in [-0.2, -0.15) is 0 Å². The summed E-state index contributed by atoms with van der Waals surface area (Å²) in [6.45, 7) is 2.12. The third kappa shape index (κ3) is 14.1. The second-order valence-electron chi connectivity index (χ2n) is 6.04. The summed E-state index contributed by atoms with van der Waals surface area (Å²) >= 11 is 0. The van der Waals surface area contributed by atoms with Crippen LogP contribution in [-0.2, 0) is 4.79 Å². The molecular formula is C18H34O4. The average molecular weight is 314 g/mol. The van der Waals surface area contributed by atoms with Crippen LogP contribution in [0.4, 0.5) is 0 Å². The van der Waals surface area contributed by atoms with E-state index in [4.69, 9.17) is 5.11 Å². The quantitative estimate of drug-likeness (QED) is 0.315. The van der Waals surface area contributed by atoms with E-state index in [0.29, 0.717) is 12.8 Å². The van der Waals surface area contributed by atoms with Gasteiger partial charge in [-0.05, 0) is 32.1 Å². The Labute approximate surface area is 135 Å². The molecule has 0 saturated carbocycles. The van der Waals surface area contributed by atoms with Gasteiger partial charge < -0.3 is 15.3 Å². The van der Waals surface area contributed by atoms with Crippen LogP contribution in [0, 0.1) is 0 Å². The van der Waals surface area contributed by atoms with Crippen LogP contribution in [0.15, 0.2) is 12.2 Å².